The molecule has 0 aromatic carbocycles. The first-order valence-electron chi connectivity index (χ1n) is 8.94. The minimum atomic E-state index is -0.224. The topological polar surface area (TPSA) is 40.6 Å². The fourth-order valence-electron chi connectivity index (χ4n) is 6.61. The van der Waals surface area contributed by atoms with Crippen LogP contribution < -0.4 is 0 Å². The fourth-order valence-corrected chi connectivity index (χ4v) is 6.61. The summed E-state index contributed by atoms with van der Waals surface area (Å²) in [6, 6.07) is 0. The van der Waals surface area contributed by atoms with Crippen molar-refractivity contribution in [3.8, 4) is 0 Å². The van der Waals surface area contributed by atoms with Crippen molar-refractivity contribution < 1.29 is 9.59 Å². The van der Waals surface area contributed by atoms with Crippen molar-refractivity contribution in [1.29, 1.82) is 0 Å². The standard InChI is InChI=1S/C19H26N2O2/c1-17(2)12-6-13(17)14(22)5-11(12)15-20-7-18(3)8-21(15)10-19(4,9-20)16(18)23/h5,12-13,15H,6-10H2,1-4H3/t12-,13+,15?,18?,19?/m0/s1. The number of piperidine rings is 2. The molecule has 4 nitrogen and oxygen atoms in total. The van der Waals surface area contributed by atoms with E-state index in [2.05, 4.69) is 37.5 Å². The number of hydrogen-bond donors (Lipinski definition) is 0. The van der Waals surface area contributed by atoms with E-state index in [9.17, 15) is 9.59 Å². The van der Waals surface area contributed by atoms with Crippen molar-refractivity contribution in [2.75, 3.05) is 26.2 Å². The molecule has 4 heterocycles. The largest absolute Gasteiger partial charge is 0.298 e. The van der Waals surface area contributed by atoms with Crippen LogP contribution in [0, 0.1) is 28.1 Å². The first-order chi connectivity index (χ1) is 10.7. The number of rotatable bonds is 1. The second kappa shape index (κ2) is 3.80. The minimum absolute atomic E-state index is 0.113. The lowest BCUT2D eigenvalue weighted by Crippen LogP contribution is -2.79. The van der Waals surface area contributed by atoms with E-state index in [-0.39, 0.29) is 28.3 Å². The summed E-state index contributed by atoms with van der Waals surface area (Å²) in [5.41, 5.74) is 1.000. The predicted octanol–water partition coefficient (Wildman–Crippen LogP) is 1.71. The van der Waals surface area contributed by atoms with Crippen molar-refractivity contribution >= 4 is 11.6 Å². The maximum atomic E-state index is 12.8. The molecule has 0 radical (unpaired) electrons. The molecule has 4 heteroatoms. The van der Waals surface area contributed by atoms with E-state index >= 15 is 0 Å². The highest BCUT2D eigenvalue weighted by Gasteiger charge is 2.65. The fraction of sp³-hybridized carbons (Fsp3) is 0.789. The third-order valence-electron chi connectivity index (χ3n) is 7.62. The summed E-state index contributed by atoms with van der Waals surface area (Å²) in [6.07, 6.45) is 3.24. The Labute approximate surface area is 137 Å². The Morgan fingerprint density at radius 2 is 1.43 bits per heavy atom. The molecule has 0 aromatic heterocycles. The normalized spacial score (nSPS) is 55.7. The number of Topliss-reactive ketones (excluding diaryl/α,β-unsaturated/α-hetero) is 1. The number of hydrogen-bond acceptors (Lipinski definition) is 4. The third-order valence-corrected chi connectivity index (χ3v) is 7.62. The van der Waals surface area contributed by atoms with E-state index in [0.717, 1.165) is 32.6 Å². The second-order valence-corrected chi connectivity index (χ2v) is 9.84. The second-order valence-electron chi connectivity index (χ2n) is 9.84. The average molecular weight is 314 g/mol. The Hall–Kier alpha value is -1.00. The lowest BCUT2D eigenvalue weighted by Gasteiger charge is -2.67. The van der Waals surface area contributed by atoms with E-state index in [4.69, 9.17) is 0 Å². The summed E-state index contributed by atoms with van der Waals surface area (Å²) < 4.78 is 0. The smallest absolute Gasteiger partial charge is 0.159 e. The summed E-state index contributed by atoms with van der Waals surface area (Å²) in [7, 11) is 0. The molecule has 4 saturated heterocycles. The maximum Gasteiger partial charge on any atom is 0.159 e. The van der Waals surface area contributed by atoms with Crippen LogP contribution in [-0.2, 0) is 9.59 Å². The Balaban J connectivity index is 1.55. The van der Waals surface area contributed by atoms with Crippen LogP contribution in [0.5, 0.6) is 0 Å². The van der Waals surface area contributed by atoms with Crippen LogP contribution in [0.2, 0.25) is 0 Å². The lowest BCUT2D eigenvalue weighted by atomic mass is 9.47. The van der Waals surface area contributed by atoms with Gasteiger partial charge in [0.1, 0.15) is 5.78 Å². The number of carbonyl (C=O) groups is 2. The van der Waals surface area contributed by atoms with Crippen LogP contribution in [0.15, 0.2) is 11.6 Å². The summed E-state index contributed by atoms with van der Waals surface area (Å²) in [6.45, 7) is 12.2. The van der Waals surface area contributed by atoms with Gasteiger partial charge in [0, 0.05) is 32.1 Å². The highest BCUT2D eigenvalue weighted by molar-refractivity contribution is 5.96. The molecule has 0 N–H and O–H groups in total. The van der Waals surface area contributed by atoms with Crippen molar-refractivity contribution in [1.82, 2.24) is 9.80 Å². The van der Waals surface area contributed by atoms with Gasteiger partial charge in [0.15, 0.2) is 5.78 Å². The number of allylic oxidation sites excluding steroid dienone is 1. The highest BCUT2D eigenvalue weighted by Crippen LogP contribution is 2.60. The first kappa shape index (κ1) is 14.4. The molecule has 23 heavy (non-hydrogen) atoms. The minimum Gasteiger partial charge on any atom is -0.298 e. The van der Waals surface area contributed by atoms with Gasteiger partial charge in [-0.3, -0.25) is 19.4 Å². The molecule has 0 spiro atoms. The average Bonchev–Trinajstić information content (AvgIpc) is 2.42. The molecule has 5 fully saturated rings. The summed E-state index contributed by atoms with van der Waals surface area (Å²) in [5, 5.41) is 0. The zero-order valence-electron chi connectivity index (χ0n) is 14.6. The Morgan fingerprint density at radius 3 is 1.87 bits per heavy atom. The predicted molar refractivity (Wildman–Crippen MR) is 86.6 cm³/mol. The SMILES string of the molecule is CC12CN3CC(C)(CN(C1)C3C1=CC(=O)[C@H]3C[C@@H]1C3(C)C)C2=O. The molecule has 0 aromatic rings. The quantitative estimate of drug-likeness (QED) is 0.739. The number of carbonyl (C=O) groups excluding carboxylic acids is 2. The molecule has 4 aliphatic heterocycles. The van der Waals surface area contributed by atoms with Crippen LogP contribution >= 0.6 is 0 Å². The van der Waals surface area contributed by atoms with Crippen LogP contribution in [0.25, 0.3) is 0 Å². The van der Waals surface area contributed by atoms with Gasteiger partial charge >= 0.3 is 0 Å². The van der Waals surface area contributed by atoms with Crippen LogP contribution in [0.1, 0.15) is 34.1 Å². The van der Waals surface area contributed by atoms with Crippen molar-refractivity contribution in [2.24, 2.45) is 28.1 Å². The molecule has 124 valence electrons. The zero-order chi connectivity index (χ0) is 16.4. The van der Waals surface area contributed by atoms with Gasteiger partial charge in [-0.25, -0.2) is 0 Å². The summed E-state index contributed by atoms with van der Waals surface area (Å²) in [4.78, 5) is 30.3. The van der Waals surface area contributed by atoms with E-state index in [1.807, 2.05) is 6.08 Å². The maximum absolute atomic E-state index is 12.8. The lowest BCUT2D eigenvalue weighted by molar-refractivity contribution is -0.193. The first-order valence-corrected chi connectivity index (χ1v) is 8.94. The van der Waals surface area contributed by atoms with Gasteiger partial charge < -0.3 is 0 Å². The summed E-state index contributed by atoms with van der Waals surface area (Å²) >= 11 is 0. The van der Waals surface area contributed by atoms with Crippen LogP contribution in [0.3, 0.4) is 0 Å². The highest BCUT2D eigenvalue weighted by atomic mass is 16.1. The van der Waals surface area contributed by atoms with Gasteiger partial charge in [-0.1, -0.05) is 27.7 Å². The molecule has 1 saturated carbocycles. The van der Waals surface area contributed by atoms with Crippen molar-refractivity contribution in [3.05, 3.63) is 11.6 Å². The molecular weight excluding hydrogens is 288 g/mol. The van der Waals surface area contributed by atoms with Gasteiger partial charge in [0.25, 0.3) is 0 Å². The zero-order valence-corrected chi connectivity index (χ0v) is 14.6. The number of nitrogens with zero attached hydrogens (tertiary/aromatic N) is 2. The Bertz CT molecular complexity index is 637. The monoisotopic (exact) mass is 314 g/mol. The Kier molecular flexibility index (Phi) is 2.37. The molecular formula is C19H26N2O2. The number of ketones is 2. The van der Waals surface area contributed by atoms with Gasteiger partial charge in [-0.15, -0.1) is 0 Å². The van der Waals surface area contributed by atoms with Gasteiger partial charge in [-0.2, -0.15) is 0 Å². The molecule has 0 unspecified atom stereocenters. The molecule has 0 amide bonds. The van der Waals surface area contributed by atoms with Gasteiger partial charge in [0.2, 0.25) is 0 Å². The Morgan fingerprint density at radius 1 is 0.913 bits per heavy atom. The number of fused-ring (bicyclic) bond motifs is 2. The molecule has 7 aliphatic rings. The van der Waals surface area contributed by atoms with E-state index in [1.165, 1.54) is 5.57 Å². The molecule has 2 atom stereocenters. The van der Waals surface area contributed by atoms with Crippen molar-refractivity contribution in [2.45, 2.75) is 40.3 Å². The van der Waals surface area contributed by atoms with E-state index in [0.29, 0.717) is 17.5 Å². The van der Waals surface area contributed by atoms with Gasteiger partial charge in [0.05, 0.1) is 17.0 Å². The van der Waals surface area contributed by atoms with Crippen LogP contribution in [0.4, 0.5) is 0 Å². The molecule has 7 rings (SSSR count). The molecule has 6 bridgehead atoms. The third kappa shape index (κ3) is 1.50. The van der Waals surface area contributed by atoms with Gasteiger partial charge in [-0.05, 0) is 29.4 Å². The van der Waals surface area contributed by atoms with E-state index < -0.39 is 0 Å². The molecule has 3 aliphatic carbocycles. The van der Waals surface area contributed by atoms with Crippen molar-refractivity contribution in [3.63, 3.8) is 0 Å². The van der Waals surface area contributed by atoms with E-state index in [1.54, 1.807) is 0 Å². The summed E-state index contributed by atoms with van der Waals surface area (Å²) in [5.74, 6) is 1.55. The van der Waals surface area contributed by atoms with Crippen LogP contribution in [-0.4, -0.2) is 53.7 Å².